The van der Waals surface area contributed by atoms with Gasteiger partial charge in [-0.3, -0.25) is 10.1 Å². The number of carbonyl (C=O) groups is 1. The van der Waals surface area contributed by atoms with E-state index in [9.17, 15) is 4.79 Å². The second-order valence-corrected chi connectivity index (χ2v) is 8.91. The molecule has 2 N–H and O–H groups in total. The number of furan rings is 1. The summed E-state index contributed by atoms with van der Waals surface area (Å²) in [5, 5.41) is 19.1. The summed E-state index contributed by atoms with van der Waals surface area (Å²) in [4.78, 5) is 17.1. The summed E-state index contributed by atoms with van der Waals surface area (Å²) in [6.07, 6.45) is 5.88. The van der Waals surface area contributed by atoms with Crippen LogP contribution < -0.4 is 15.4 Å². The largest absolute Gasteiger partial charge is 0.481 e. The van der Waals surface area contributed by atoms with Gasteiger partial charge in [0.2, 0.25) is 11.8 Å². The molecule has 170 valence electrons. The fourth-order valence-corrected chi connectivity index (χ4v) is 4.93. The van der Waals surface area contributed by atoms with Crippen molar-refractivity contribution in [3.8, 4) is 11.6 Å². The molecule has 1 aliphatic heterocycles. The zero-order valence-corrected chi connectivity index (χ0v) is 19.0. The molecule has 1 saturated heterocycles. The van der Waals surface area contributed by atoms with Crippen LogP contribution in [0.2, 0.25) is 0 Å². The van der Waals surface area contributed by atoms with Crippen molar-refractivity contribution in [2.45, 2.75) is 44.3 Å². The SMILES string of the molecule is COc1ccc(-n2nnnc2C2(NC(C)C(=O)NCc3ccco3)CCCSCC2)cn1. The van der Waals surface area contributed by atoms with Crippen molar-refractivity contribution in [3.05, 3.63) is 48.3 Å². The second-order valence-electron chi connectivity index (χ2n) is 7.68. The Labute approximate surface area is 190 Å². The average Bonchev–Trinajstić information content (AvgIpc) is 3.47. The highest BCUT2D eigenvalue weighted by Gasteiger charge is 2.40. The zero-order chi connectivity index (χ0) is 22.4. The molecule has 0 spiro atoms. The Hall–Kier alpha value is -2.92. The number of carbonyl (C=O) groups excluding carboxylic acids is 1. The minimum Gasteiger partial charge on any atom is -0.481 e. The third kappa shape index (κ3) is 4.94. The van der Waals surface area contributed by atoms with E-state index in [0.717, 1.165) is 36.5 Å². The summed E-state index contributed by atoms with van der Waals surface area (Å²) in [7, 11) is 1.57. The van der Waals surface area contributed by atoms with E-state index in [1.165, 1.54) is 0 Å². The summed E-state index contributed by atoms with van der Waals surface area (Å²) in [6.45, 7) is 2.20. The fourth-order valence-electron chi connectivity index (χ4n) is 3.88. The first-order chi connectivity index (χ1) is 15.6. The fraction of sp³-hybridized carbons (Fsp3) is 0.476. The van der Waals surface area contributed by atoms with E-state index in [1.807, 2.05) is 30.8 Å². The predicted molar refractivity (Wildman–Crippen MR) is 120 cm³/mol. The molecule has 32 heavy (non-hydrogen) atoms. The monoisotopic (exact) mass is 457 g/mol. The molecule has 1 amide bonds. The Balaban J connectivity index is 1.58. The van der Waals surface area contributed by atoms with E-state index in [4.69, 9.17) is 9.15 Å². The minimum atomic E-state index is -0.547. The second kappa shape index (κ2) is 10.1. The minimum absolute atomic E-state index is 0.109. The van der Waals surface area contributed by atoms with Gasteiger partial charge in [-0.1, -0.05) is 0 Å². The number of pyridine rings is 1. The molecule has 4 heterocycles. The van der Waals surface area contributed by atoms with Gasteiger partial charge >= 0.3 is 0 Å². The topological polar surface area (TPSA) is 120 Å². The van der Waals surface area contributed by atoms with Gasteiger partial charge in [0, 0.05) is 6.07 Å². The number of hydrogen-bond donors (Lipinski definition) is 2. The molecular formula is C21H27N7O3S. The van der Waals surface area contributed by atoms with Crippen molar-refractivity contribution in [1.29, 1.82) is 0 Å². The summed E-state index contributed by atoms with van der Waals surface area (Å²) in [5.41, 5.74) is 0.188. The molecule has 0 saturated carbocycles. The summed E-state index contributed by atoms with van der Waals surface area (Å²) < 4.78 is 12.2. The third-order valence-electron chi connectivity index (χ3n) is 5.54. The molecule has 1 aliphatic rings. The van der Waals surface area contributed by atoms with Gasteiger partial charge in [-0.2, -0.15) is 16.4 Å². The lowest BCUT2D eigenvalue weighted by Crippen LogP contribution is -2.53. The summed E-state index contributed by atoms with van der Waals surface area (Å²) >= 11 is 1.91. The normalized spacial score (nSPS) is 19.8. The van der Waals surface area contributed by atoms with Gasteiger partial charge in [-0.25, -0.2) is 4.98 Å². The maximum atomic E-state index is 12.8. The summed E-state index contributed by atoms with van der Waals surface area (Å²) in [5.74, 6) is 3.81. The van der Waals surface area contributed by atoms with Crippen LogP contribution in [0.15, 0.2) is 41.1 Å². The number of hydrogen-bond acceptors (Lipinski definition) is 9. The molecule has 2 unspecified atom stereocenters. The molecule has 0 aliphatic carbocycles. The van der Waals surface area contributed by atoms with Crippen LogP contribution in [0.1, 0.15) is 37.8 Å². The Bertz CT molecular complexity index is 999. The lowest BCUT2D eigenvalue weighted by Gasteiger charge is -2.35. The smallest absolute Gasteiger partial charge is 0.237 e. The first-order valence-corrected chi connectivity index (χ1v) is 11.7. The van der Waals surface area contributed by atoms with Gasteiger partial charge in [0.1, 0.15) is 5.76 Å². The predicted octanol–water partition coefficient (Wildman–Crippen LogP) is 2.07. The highest BCUT2D eigenvalue weighted by molar-refractivity contribution is 7.99. The lowest BCUT2D eigenvalue weighted by molar-refractivity contribution is -0.123. The van der Waals surface area contributed by atoms with Crippen LogP contribution in [-0.2, 0) is 16.9 Å². The van der Waals surface area contributed by atoms with Crippen molar-refractivity contribution in [1.82, 2.24) is 35.8 Å². The quantitative estimate of drug-likeness (QED) is 0.524. The third-order valence-corrected chi connectivity index (χ3v) is 6.61. The molecule has 2 atom stereocenters. The molecular weight excluding hydrogens is 430 g/mol. The van der Waals surface area contributed by atoms with Crippen molar-refractivity contribution < 1.29 is 13.9 Å². The maximum absolute atomic E-state index is 12.8. The van der Waals surface area contributed by atoms with E-state index in [0.29, 0.717) is 24.0 Å². The molecule has 0 bridgehead atoms. The number of rotatable bonds is 8. The zero-order valence-electron chi connectivity index (χ0n) is 18.2. The van der Waals surface area contributed by atoms with E-state index in [2.05, 4.69) is 31.1 Å². The number of nitrogens with zero attached hydrogens (tertiary/aromatic N) is 5. The Morgan fingerprint density at radius 1 is 1.34 bits per heavy atom. The average molecular weight is 458 g/mol. The Kier molecular flexibility index (Phi) is 7.05. The number of thioether (sulfide) groups is 1. The highest BCUT2D eigenvalue weighted by atomic mass is 32.2. The van der Waals surface area contributed by atoms with Crippen LogP contribution in [0.4, 0.5) is 0 Å². The van der Waals surface area contributed by atoms with Crippen molar-refractivity contribution >= 4 is 17.7 Å². The standard InChI is InChI=1S/C21H27N7O3S/c1-15(19(29)23-14-17-5-3-10-31-17)24-21(8-4-11-32-12-9-21)20-25-26-27-28(20)16-6-7-18(30-2)22-13-16/h3,5-7,10,13,15,24H,4,8-9,11-12,14H2,1-2H3,(H,23,29). The van der Waals surface area contributed by atoms with Gasteiger partial charge in [0.25, 0.3) is 0 Å². The first-order valence-electron chi connectivity index (χ1n) is 10.6. The molecule has 1 fully saturated rings. The first kappa shape index (κ1) is 22.3. The molecule has 4 rings (SSSR count). The van der Waals surface area contributed by atoms with Crippen LogP contribution in [0.25, 0.3) is 5.69 Å². The number of tetrazole rings is 1. The molecule has 0 aromatic carbocycles. The Morgan fingerprint density at radius 3 is 3.00 bits per heavy atom. The van der Waals surface area contributed by atoms with Crippen molar-refractivity contribution in [2.75, 3.05) is 18.6 Å². The van der Waals surface area contributed by atoms with Gasteiger partial charge in [0.15, 0.2) is 5.82 Å². The number of nitrogens with one attached hydrogen (secondary N) is 2. The molecule has 3 aromatic heterocycles. The van der Waals surface area contributed by atoms with E-state index >= 15 is 0 Å². The van der Waals surface area contributed by atoms with Crippen LogP contribution in [-0.4, -0.2) is 55.8 Å². The molecule has 10 nitrogen and oxygen atoms in total. The van der Waals surface area contributed by atoms with E-state index in [1.54, 1.807) is 36.4 Å². The number of amides is 1. The molecule has 11 heteroatoms. The van der Waals surface area contributed by atoms with Gasteiger partial charge < -0.3 is 14.5 Å². The molecule has 3 aromatic rings. The Morgan fingerprint density at radius 2 is 2.25 bits per heavy atom. The number of aromatic nitrogens is 5. The highest BCUT2D eigenvalue weighted by Crippen LogP contribution is 2.35. The van der Waals surface area contributed by atoms with E-state index < -0.39 is 11.6 Å². The lowest BCUT2D eigenvalue weighted by atomic mass is 9.88. The van der Waals surface area contributed by atoms with Crippen molar-refractivity contribution in [2.24, 2.45) is 0 Å². The van der Waals surface area contributed by atoms with Gasteiger partial charge in [-0.05, 0) is 66.3 Å². The van der Waals surface area contributed by atoms with E-state index in [-0.39, 0.29) is 5.91 Å². The summed E-state index contributed by atoms with van der Waals surface area (Å²) in [6, 6.07) is 6.82. The number of methoxy groups -OCH3 is 1. The van der Waals surface area contributed by atoms with Gasteiger partial charge in [0.05, 0.1) is 43.4 Å². The van der Waals surface area contributed by atoms with Crippen LogP contribution in [0.5, 0.6) is 5.88 Å². The maximum Gasteiger partial charge on any atom is 0.237 e. The molecule has 0 radical (unpaired) electrons. The van der Waals surface area contributed by atoms with Crippen molar-refractivity contribution in [3.63, 3.8) is 0 Å². The van der Waals surface area contributed by atoms with Gasteiger partial charge in [-0.15, -0.1) is 5.10 Å². The van der Waals surface area contributed by atoms with Crippen LogP contribution >= 0.6 is 11.8 Å². The van der Waals surface area contributed by atoms with Crippen LogP contribution in [0.3, 0.4) is 0 Å². The number of ether oxygens (including phenoxy) is 1. The van der Waals surface area contributed by atoms with Crippen LogP contribution in [0, 0.1) is 0 Å².